The van der Waals surface area contributed by atoms with Crippen molar-refractivity contribution in [1.29, 1.82) is 0 Å². The number of halogens is 1. The number of methoxy groups -OCH3 is 1. The van der Waals surface area contributed by atoms with Crippen molar-refractivity contribution < 1.29 is 22.3 Å². The molecule has 1 aliphatic heterocycles. The fourth-order valence-corrected chi connectivity index (χ4v) is 3.34. The van der Waals surface area contributed by atoms with Gasteiger partial charge >= 0.3 is 0 Å². The highest BCUT2D eigenvalue weighted by molar-refractivity contribution is 7.88. The molecule has 0 aliphatic carbocycles. The molecule has 1 N–H and O–H groups in total. The molecule has 1 saturated heterocycles. The van der Waals surface area contributed by atoms with Crippen molar-refractivity contribution >= 4 is 21.6 Å². The summed E-state index contributed by atoms with van der Waals surface area (Å²) in [6.07, 6.45) is 2.04. The van der Waals surface area contributed by atoms with Gasteiger partial charge in [0.15, 0.2) is 0 Å². The van der Waals surface area contributed by atoms with Crippen molar-refractivity contribution in [3.05, 3.63) is 24.0 Å². The average Bonchev–Trinajstić information content (AvgIpc) is 2.46. The number of hydrogen-bond donors (Lipinski definition) is 1. The Bertz CT molecular complexity index is 655. The third-order valence-corrected chi connectivity index (χ3v) is 5.02. The highest BCUT2D eigenvalue weighted by Crippen LogP contribution is 2.27. The number of piperidine rings is 1. The Kier molecular flexibility index (Phi) is 5.02. The number of rotatable bonds is 4. The molecule has 122 valence electrons. The summed E-state index contributed by atoms with van der Waals surface area (Å²) in [5.74, 6) is -0.644. The lowest BCUT2D eigenvalue weighted by Gasteiger charge is -2.29. The van der Waals surface area contributed by atoms with Gasteiger partial charge in [-0.2, -0.15) is 0 Å². The zero-order valence-electron chi connectivity index (χ0n) is 12.5. The SMILES string of the molecule is COc1ccc(F)cc1NC(=O)C1CCN(S(C)(=O)=O)CC1. The summed E-state index contributed by atoms with van der Waals surface area (Å²) in [5.41, 5.74) is 0.276. The molecule has 6 nitrogen and oxygen atoms in total. The molecule has 2 rings (SSSR count). The van der Waals surface area contributed by atoms with Crippen LogP contribution in [0.15, 0.2) is 18.2 Å². The van der Waals surface area contributed by atoms with Gasteiger partial charge in [0, 0.05) is 25.1 Å². The van der Waals surface area contributed by atoms with Crippen LogP contribution in [0.1, 0.15) is 12.8 Å². The minimum Gasteiger partial charge on any atom is -0.495 e. The van der Waals surface area contributed by atoms with E-state index in [2.05, 4.69) is 5.32 Å². The van der Waals surface area contributed by atoms with E-state index in [0.717, 1.165) is 6.26 Å². The van der Waals surface area contributed by atoms with Gasteiger partial charge in [0.1, 0.15) is 11.6 Å². The van der Waals surface area contributed by atoms with Crippen LogP contribution < -0.4 is 10.1 Å². The summed E-state index contributed by atoms with van der Waals surface area (Å²) in [6, 6.07) is 3.89. The van der Waals surface area contributed by atoms with Gasteiger partial charge in [0.25, 0.3) is 0 Å². The summed E-state index contributed by atoms with van der Waals surface area (Å²) in [4.78, 5) is 12.2. The predicted octanol–water partition coefficient (Wildman–Crippen LogP) is 1.44. The fourth-order valence-electron chi connectivity index (χ4n) is 2.46. The normalized spacial score (nSPS) is 17.2. The van der Waals surface area contributed by atoms with Crippen molar-refractivity contribution in [1.82, 2.24) is 4.31 Å². The largest absolute Gasteiger partial charge is 0.495 e. The molecular weight excluding hydrogens is 311 g/mol. The predicted molar refractivity (Wildman–Crippen MR) is 80.7 cm³/mol. The minimum atomic E-state index is -3.22. The van der Waals surface area contributed by atoms with Gasteiger partial charge in [-0.15, -0.1) is 0 Å². The van der Waals surface area contributed by atoms with E-state index in [-0.39, 0.29) is 17.5 Å². The molecular formula is C14H19FN2O4S. The van der Waals surface area contributed by atoms with Crippen molar-refractivity contribution in [3.63, 3.8) is 0 Å². The third kappa shape index (κ3) is 3.95. The summed E-state index contributed by atoms with van der Waals surface area (Å²) in [6.45, 7) is 0.633. The summed E-state index contributed by atoms with van der Waals surface area (Å²) in [7, 11) is -1.78. The second-order valence-electron chi connectivity index (χ2n) is 5.27. The number of amides is 1. The number of anilines is 1. The van der Waals surface area contributed by atoms with Crippen LogP contribution in [-0.2, 0) is 14.8 Å². The van der Waals surface area contributed by atoms with Gasteiger partial charge in [-0.1, -0.05) is 0 Å². The molecule has 0 unspecified atom stereocenters. The lowest BCUT2D eigenvalue weighted by atomic mass is 9.97. The fraction of sp³-hybridized carbons (Fsp3) is 0.500. The van der Waals surface area contributed by atoms with Gasteiger partial charge in [-0.25, -0.2) is 17.1 Å². The van der Waals surface area contributed by atoms with E-state index in [1.165, 1.54) is 29.6 Å². The van der Waals surface area contributed by atoms with Crippen molar-refractivity contribution in [2.24, 2.45) is 5.92 Å². The first-order valence-electron chi connectivity index (χ1n) is 6.91. The molecule has 0 spiro atoms. The lowest BCUT2D eigenvalue weighted by molar-refractivity contribution is -0.120. The van der Waals surface area contributed by atoms with Crippen LogP contribution in [-0.4, -0.2) is 45.1 Å². The molecule has 0 aromatic heterocycles. The summed E-state index contributed by atoms with van der Waals surface area (Å²) >= 11 is 0. The van der Waals surface area contributed by atoms with Gasteiger partial charge in [0.2, 0.25) is 15.9 Å². The van der Waals surface area contributed by atoms with Crippen molar-refractivity contribution in [2.75, 3.05) is 31.8 Å². The van der Waals surface area contributed by atoms with E-state index >= 15 is 0 Å². The maximum atomic E-state index is 13.3. The highest BCUT2D eigenvalue weighted by atomic mass is 32.2. The van der Waals surface area contributed by atoms with E-state index in [0.29, 0.717) is 31.7 Å². The van der Waals surface area contributed by atoms with Gasteiger partial charge in [-0.3, -0.25) is 4.79 Å². The smallest absolute Gasteiger partial charge is 0.227 e. The summed E-state index contributed by atoms with van der Waals surface area (Å²) < 4.78 is 42.6. The minimum absolute atomic E-state index is 0.253. The van der Waals surface area contributed by atoms with Gasteiger partial charge < -0.3 is 10.1 Å². The molecule has 1 amide bonds. The van der Waals surface area contributed by atoms with Gasteiger partial charge in [0.05, 0.1) is 19.1 Å². The Morgan fingerprint density at radius 1 is 1.36 bits per heavy atom. The van der Waals surface area contributed by atoms with Crippen molar-refractivity contribution in [2.45, 2.75) is 12.8 Å². The zero-order valence-corrected chi connectivity index (χ0v) is 13.3. The van der Waals surface area contributed by atoms with Crippen LogP contribution in [0, 0.1) is 11.7 Å². The number of hydrogen-bond acceptors (Lipinski definition) is 4. The van der Waals surface area contributed by atoms with Crippen LogP contribution in [0.4, 0.5) is 10.1 Å². The first-order valence-corrected chi connectivity index (χ1v) is 8.75. The van der Waals surface area contributed by atoms with E-state index in [9.17, 15) is 17.6 Å². The van der Waals surface area contributed by atoms with Crippen LogP contribution in [0.2, 0.25) is 0 Å². The second kappa shape index (κ2) is 6.62. The number of carbonyl (C=O) groups is 1. The van der Waals surface area contributed by atoms with Crippen LogP contribution in [0.3, 0.4) is 0 Å². The number of nitrogens with one attached hydrogen (secondary N) is 1. The van der Waals surface area contributed by atoms with E-state index in [4.69, 9.17) is 4.74 Å². The number of sulfonamides is 1. The molecule has 0 saturated carbocycles. The number of nitrogens with zero attached hydrogens (tertiary/aromatic N) is 1. The first kappa shape index (κ1) is 16.7. The van der Waals surface area contributed by atoms with Crippen molar-refractivity contribution in [3.8, 4) is 5.75 Å². The molecule has 22 heavy (non-hydrogen) atoms. The average molecular weight is 330 g/mol. The highest BCUT2D eigenvalue weighted by Gasteiger charge is 2.29. The zero-order chi connectivity index (χ0) is 16.3. The van der Waals surface area contributed by atoms with Crippen LogP contribution >= 0.6 is 0 Å². The molecule has 0 bridgehead atoms. The monoisotopic (exact) mass is 330 g/mol. The molecule has 1 heterocycles. The first-order chi connectivity index (χ1) is 10.3. The molecule has 1 fully saturated rings. The topological polar surface area (TPSA) is 75.7 Å². The molecule has 0 atom stereocenters. The lowest BCUT2D eigenvalue weighted by Crippen LogP contribution is -2.40. The Hall–Kier alpha value is -1.67. The Morgan fingerprint density at radius 2 is 2.00 bits per heavy atom. The third-order valence-electron chi connectivity index (χ3n) is 3.71. The maximum absolute atomic E-state index is 13.3. The van der Waals surface area contributed by atoms with Gasteiger partial charge in [-0.05, 0) is 25.0 Å². The molecule has 1 aromatic rings. The number of ether oxygens (including phenoxy) is 1. The second-order valence-corrected chi connectivity index (χ2v) is 7.25. The quantitative estimate of drug-likeness (QED) is 0.906. The van der Waals surface area contributed by atoms with Crippen LogP contribution in [0.25, 0.3) is 0 Å². The summed E-state index contributed by atoms with van der Waals surface area (Å²) in [5, 5.41) is 2.65. The Balaban J connectivity index is 2.01. The van der Waals surface area contributed by atoms with E-state index in [1.807, 2.05) is 0 Å². The van der Waals surface area contributed by atoms with E-state index < -0.39 is 15.8 Å². The Morgan fingerprint density at radius 3 is 2.55 bits per heavy atom. The molecule has 0 radical (unpaired) electrons. The molecule has 1 aliphatic rings. The maximum Gasteiger partial charge on any atom is 0.227 e. The standard InChI is InChI=1S/C14H19FN2O4S/c1-21-13-4-3-11(15)9-12(13)16-14(18)10-5-7-17(8-6-10)22(2,19)20/h3-4,9-10H,5-8H2,1-2H3,(H,16,18). The number of benzene rings is 1. The molecule has 1 aromatic carbocycles. The van der Waals surface area contributed by atoms with Crippen LogP contribution in [0.5, 0.6) is 5.75 Å². The van der Waals surface area contributed by atoms with E-state index in [1.54, 1.807) is 0 Å². The number of carbonyl (C=O) groups excluding carboxylic acids is 1. The molecule has 8 heteroatoms. The Labute approximate surface area is 129 Å².